The summed E-state index contributed by atoms with van der Waals surface area (Å²) in [6.45, 7) is 0. The fourth-order valence-corrected chi connectivity index (χ4v) is 1.75. The van der Waals surface area contributed by atoms with Crippen LogP contribution in [-0.2, 0) is 9.05 Å². The molecule has 0 amide bonds. The third-order valence-corrected chi connectivity index (χ3v) is 3.00. The van der Waals surface area contributed by atoms with E-state index in [0.29, 0.717) is 0 Å². The number of hydrogen-bond acceptors (Lipinski definition) is 4. The Kier molecular flexibility index (Phi) is 3.31. The molecule has 0 aliphatic heterocycles. The van der Waals surface area contributed by atoms with E-state index in [1.54, 1.807) is 0 Å². The van der Waals surface area contributed by atoms with E-state index >= 15 is 0 Å². The molecular weight excluding hydrogens is 247 g/mol. The number of halogens is 2. The van der Waals surface area contributed by atoms with Crippen LogP contribution in [0.1, 0.15) is 10.4 Å². The van der Waals surface area contributed by atoms with Crippen LogP contribution in [0.5, 0.6) is 5.75 Å². The van der Waals surface area contributed by atoms with Crippen molar-refractivity contribution in [3.8, 4) is 5.75 Å². The fourth-order valence-electron chi connectivity index (χ4n) is 0.968. The van der Waals surface area contributed by atoms with E-state index in [2.05, 4.69) is 4.74 Å². The topological polar surface area (TPSA) is 60.4 Å². The summed E-state index contributed by atoms with van der Waals surface area (Å²) in [5, 5.41) is 0. The van der Waals surface area contributed by atoms with Crippen molar-refractivity contribution in [1.29, 1.82) is 0 Å². The summed E-state index contributed by atoms with van der Waals surface area (Å²) < 4.78 is 39.7. The normalized spacial score (nSPS) is 11.1. The predicted molar refractivity (Wildman–Crippen MR) is 51.4 cm³/mol. The lowest BCUT2D eigenvalue weighted by atomic mass is 10.2. The quantitative estimate of drug-likeness (QED) is 0.605. The van der Waals surface area contributed by atoms with Crippen molar-refractivity contribution in [3.05, 3.63) is 23.5 Å². The monoisotopic (exact) mass is 252 g/mol. The molecule has 82 valence electrons. The zero-order valence-electron chi connectivity index (χ0n) is 7.53. The van der Waals surface area contributed by atoms with Gasteiger partial charge in [-0.25, -0.2) is 12.8 Å². The Morgan fingerprint density at radius 1 is 1.47 bits per heavy atom. The van der Waals surface area contributed by atoms with Crippen molar-refractivity contribution in [2.75, 3.05) is 7.11 Å². The van der Waals surface area contributed by atoms with Crippen LogP contribution < -0.4 is 4.74 Å². The van der Waals surface area contributed by atoms with Crippen LogP contribution >= 0.6 is 10.7 Å². The molecule has 0 fully saturated rings. The first-order chi connectivity index (χ1) is 6.90. The minimum atomic E-state index is -4.02. The lowest BCUT2D eigenvalue weighted by molar-refractivity contribution is 0.111. The van der Waals surface area contributed by atoms with E-state index in [4.69, 9.17) is 10.7 Å². The van der Waals surface area contributed by atoms with Gasteiger partial charge < -0.3 is 4.74 Å². The maximum atomic E-state index is 13.2. The van der Waals surface area contributed by atoms with E-state index in [1.165, 1.54) is 0 Å². The summed E-state index contributed by atoms with van der Waals surface area (Å²) in [6, 6.07) is 1.75. The number of rotatable bonds is 3. The number of benzene rings is 1. The van der Waals surface area contributed by atoms with Crippen molar-refractivity contribution in [2.24, 2.45) is 0 Å². The average Bonchev–Trinajstić information content (AvgIpc) is 2.16. The van der Waals surface area contributed by atoms with E-state index in [9.17, 15) is 17.6 Å². The van der Waals surface area contributed by atoms with Gasteiger partial charge in [-0.15, -0.1) is 0 Å². The molecule has 0 aromatic heterocycles. The lowest BCUT2D eigenvalue weighted by Crippen LogP contribution is -1.99. The molecule has 1 aromatic rings. The van der Waals surface area contributed by atoms with Gasteiger partial charge >= 0.3 is 0 Å². The Bertz CT molecular complexity index is 498. The molecule has 0 aliphatic rings. The van der Waals surface area contributed by atoms with Crippen LogP contribution in [0.3, 0.4) is 0 Å². The molecule has 0 saturated carbocycles. The largest absolute Gasteiger partial charge is 0.494 e. The smallest absolute Gasteiger partial charge is 0.261 e. The van der Waals surface area contributed by atoms with Gasteiger partial charge in [-0.1, -0.05) is 0 Å². The molecule has 4 nitrogen and oxygen atoms in total. The van der Waals surface area contributed by atoms with Crippen LogP contribution in [0, 0.1) is 5.82 Å². The van der Waals surface area contributed by atoms with Crippen LogP contribution in [0.4, 0.5) is 4.39 Å². The van der Waals surface area contributed by atoms with E-state index in [1.807, 2.05) is 0 Å². The molecule has 0 radical (unpaired) electrons. The standard InChI is InChI=1S/C8H6ClFO4S/c1-14-7-3-6(15(9,12)13)2-5(4-11)8(7)10/h2-4H,1H3. The number of aldehydes is 1. The Hall–Kier alpha value is -1.14. The predicted octanol–water partition coefficient (Wildman–Crippen LogP) is 1.57. The third-order valence-electron chi connectivity index (χ3n) is 1.67. The summed E-state index contributed by atoms with van der Waals surface area (Å²) in [5.74, 6) is -1.27. The summed E-state index contributed by atoms with van der Waals surface area (Å²) in [7, 11) is 2.18. The molecule has 15 heavy (non-hydrogen) atoms. The van der Waals surface area contributed by atoms with Gasteiger partial charge in [-0.3, -0.25) is 4.79 Å². The second-order valence-electron chi connectivity index (χ2n) is 2.58. The summed E-state index contributed by atoms with van der Waals surface area (Å²) >= 11 is 0. The van der Waals surface area contributed by atoms with Gasteiger partial charge in [0.25, 0.3) is 9.05 Å². The maximum Gasteiger partial charge on any atom is 0.261 e. The van der Waals surface area contributed by atoms with Crippen molar-refractivity contribution in [1.82, 2.24) is 0 Å². The lowest BCUT2D eigenvalue weighted by Gasteiger charge is -2.05. The van der Waals surface area contributed by atoms with Gasteiger partial charge in [-0.05, 0) is 6.07 Å². The Balaban J connectivity index is 3.54. The van der Waals surface area contributed by atoms with Gasteiger partial charge in [0.05, 0.1) is 17.6 Å². The van der Waals surface area contributed by atoms with Crippen molar-refractivity contribution in [2.45, 2.75) is 4.90 Å². The number of methoxy groups -OCH3 is 1. The molecule has 1 rings (SSSR count). The molecule has 1 aromatic carbocycles. The molecule has 0 bridgehead atoms. The minimum Gasteiger partial charge on any atom is -0.494 e. The second-order valence-corrected chi connectivity index (χ2v) is 5.15. The van der Waals surface area contributed by atoms with Gasteiger partial charge in [0.15, 0.2) is 17.9 Å². The number of carbonyl (C=O) groups is 1. The zero-order valence-corrected chi connectivity index (χ0v) is 9.10. The van der Waals surface area contributed by atoms with Crippen molar-refractivity contribution >= 4 is 26.0 Å². The highest BCUT2D eigenvalue weighted by Gasteiger charge is 2.17. The number of hydrogen-bond donors (Lipinski definition) is 0. The summed E-state index contributed by atoms with van der Waals surface area (Å²) in [6.07, 6.45) is 0.184. The highest BCUT2D eigenvalue weighted by molar-refractivity contribution is 8.13. The second kappa shape index (κ2) is 4.16. The Morgan fingerprint density at radius 3 is 2.47 bits per heavy atom. The molecule has 0 saturated heterocycles. The van der Waals surface area contributed by atoms with Crippen LogP contribution in [0.2, 0.25) is 0 Å². The molecule has 7 heteroatoms. The Morgan fingerprint density at radius 2 is 2.07 bits per heavy atom. The van der Waals surface area contributed by atoms with Gasteiger partial charge in [-0.2, -0.15) is 0 Å². The highest BCUT2D eigenvalue weighted by Crippen LogP contribution is 2.26. The van der Waals surface area contributed by atoms with Crippen LogP contribution in [0.15, 0.2) is 17.0 Å². The van der Waals surface area contributed by atoms with Crippen molar-refractivity contribution < 1.29 is 22.3 Å². The zero-order chi connectivity index (χ0) is 11.6. The van der Waals surface area contributed by atoms with E-state index in [-0.39, 0.29) is 16.9 Å². The SMILES string of the molecule is COc1cc(S(=O)(=O)Cl)cc(C=O)c1F. The molecule has 0 atom stereocenters. The van der Waals surface area contributed by atoms with Crippen LogP contribution in [0.25, 0.3) is 0 Å². The molecular formula is C8H6ClFO4S. The maximum absolute atomic E-state index is 13.2. The minimum absolute atomic E-state index is 0.184. The van der Waals surface area contributed by atoms with E-state index < -0.39 is 20.4 Å². The molecule has 0 heterocycles. The van der Waals surface area contributed by atoms with Crippen LogP contribution in [-0.4, -0.2) is 21.8 Å². The average molecular weight is 253 g/mol. The number of carbonyl (C=O) groups excluding carboxylic acids is 1. The summed E-state index contributed by atoms with van der Waals surface area (Å²) in [5.41, 5.74) is -0.423. The molecule has 0 aliphatic carbocycles. The molecule has 0 N–H and O–H groups in total. The number of ether oxygens (including phenoxy) is 1. The highest BCUT2D eigenvalue weighted by atomic mass is 35.7. The van der Waals surface area contributed by atoms with Crippen molar-refractivity contribution in [3.63, 3.8) is 0 Å². The van der Waals surface area contributed by atoms with Gasteiger partial charge in [0.2, 0.25) is 0 Å². The van der Waals surface area contributed by atoms with Gasteiger partial charge in [0, 0.05) is 16.7 Å². The first kappa shape index (κ1) is 11.9. The van der Waals surface area contributed by atoms with E-state index in [0.717, 1.165) is 19.2 Å². The Labute approximate surface area is 90.0 Å². The molecule has 0 spiro atoms. The van der Waals surface area contributed by atoms with Gasteiger partial charge in [0.1, 0.15) is 0 Å². The molecule has 0 unspecified atom stereocenters. The summed E-state index contributed by atoms with van der Waals surface area (Å²) in [4.78, 5) is 10.1. The third kappa shape index (κ3) is 2.45. The fraction of sp³-hybridized carbons (Fsp3) is 0.125. The first-order valence-electron chi connectivity index (χ1n) is 3.67. The first-order valence-corrected chi connectivity index (χ1v) is 5.98.